The van der Waals surface area contributed by atoms with Crippen LogP contribution in [0.1, 0.15) is 55.0 Å². The Morgan fingerprint density at radius 2 is 1.34 bits per heavy atom. The predicted molar refractivity (Wildman–Crippen MR) is 210 cm³/mol. The van der Waals surface area contributed by atoms with Crippen LogP contribution >= 0.6 is 0 Å². The summed E-state index contributed by atoms with van der Waals surface area (Å²) in [6.07, 6.45) is 7.48. The molecule has 7 nitrogen and oxygen atoms in total. The highest BCUT2D eigenvalue weighted by molar-refractivity contribution is 5.76. The third kappa shape index (κ3) is 7.26. The van der Waals surface area contributed by atoms with Crippen LogP contribution in [0.2, 0.25) is 0 Å². The normalized spacial score (nSPS) is 16.3. The number of hydrogen-bond donors (Lipinski definition) is 1. The van der Waals surface area contributed by atoms with Crippen LogP contribution in [-0.4, -0.2) is 38.8 Å². The van der Waals surface area contributed by atoms with E-state index in [0.29, 0.717) is 12.4 Å². The highest BCUT2D eigenvalue weighted by atomic mass is 16.5. The van der Waals surface area contributed by atoms with Gasteiger partial charge in [-0.3, -0.25) is 4.79 Å². The number of benzene rings is 5. The van der Waals surface area contributed by atoms with E-state index in [2.05, 4.69) is 133 Å². The van der Waals surface area contributed by atoms with Gasteiger partial charge in [0.25, 0.3) is 0 Å². The number of nitrogens with one attached hydrogen (secondary N) is 1. The second-order valence-corrected chi connectivity index (χ2v) is 14.2. The van der Waals surface area contributed by atoms with E-state index < -0.39 is 11.6 Å². The summed E-state index contributed by atoms with van der Waals surface area (Å²) in [5, 5.41) is 17.4. The van der Waals surface area contributed by atoms with Crippen molar-refractivity contribution in [2.75, 3.05) is 6.54 Å². The molecule has 0 radical (unpaired) electrons. The van der Waals surface area contributed by atoms with Crippen molar-refractivity contribution >= 4 is 5.97 Å². The summed E-state index contributed by atoms with van der Waals surface area (Å²) < 4.78 is 7.69. The molecular formula is C46H45N5O2. The molecule has 1 heterocycles. The maximum atomic E-state index is 13.1. The van der Waals surface area contributed by atoms with Crippen LogP contribution in [0.5, 0.6) is 0 Å². The molecule has 0 bridgehead atoms. The molecule has 7 rings (SSSR count). The first-order chi connectivity index (χ1) is 25.9. The summed E-state index contributed by atoms with van der Waals surface area (Å²) in [6, 6.07) is 49.2. The molecule has 1 aliphatic rings. The molecule has 0 saturated carbocycles. The quantitative estimate of drug-likeness (QED) is 0.0960. The summed E-state index contributed by atoms with van der Waals surface area (Å²) in [6.45, 7) is 7.15. The van der Waals surface area contributed by atoms with E-state index in [1.165, 1.54) is 0 Å². The van der Waals surface area contributed by atoms with Crippen molar-refractivity contribution in [3.05, 3.63) is 197 Å². The number of allylic oxidation sites excluding steroid dienone is 2. The number of hydrogen-bond acceptors (Lipinski definition) is 6. The van der Waals surface area contributed by atoms with Crippen molar-refractivity contribution in [2.45, 2.75) is 50.8 Å². The summed E-state index contributed by atoms with van der Waals surface area (Å²) in [5.41, 5.74) is 6.16. The van der Waals surface area contributed by atoms with Crippen LogP contribution in [0.15, 0.2) is 169 Å². The van der Waals surface area contributed by atoms with Gasteiger partial charge < -0.3 is 10.1 Å². The lowest BCUT2D eigenvalue weighted by Crippen LogP contribution is -2.43. The van der Waals surface area contributed by atoms with Crippen molar-refractivity contribution in [2.24, 2.45) is 5.92 Å². The Balaban J connectivity index is 1.19. The maximum Gasteiger partial charge on any atom is 0.323 e. The minimum atomic E-state index is -0.854. The Morgan fingerprint density at radius 3 is 1.89 bits per heavy atom. The van der Waals surface area contributed by atoms with Gasteiger partial charge in [0.2, 0.25) is 0 Å². The number of aromatic nitrogens is 4. The topological polar surface area (TPSA) is 81.9 Å². The number of carbonyl (C=O) groups excluding carboxylic acids is 1. The Morgan fingerprint density at radius 1 is 0.792 bits per heavy atom. The Bertz CT molecular complexity index is 2080. The fourth-order valence-corrected chi connectivity index (χ4v) is 7.40. The molecule has 1 aromatic heterocycles. The van der Waals surface area contributed by atoms with Gasteiger partial charge in [0.1, 0.15) is 18.2 Å². The maximum absolute atomic E-state index is 13.1. The number of rotatable bonds is 13. The second-order valence-electron chi connectivity index (χ2n) is 14.2. The first kappa shape index (κ1) is 35.5. The van der Waals surface area contributed by atoms with E-state index >= 15 is 0 Å². The standard InChI is InChI=1S/C46H45N5O2/c1-34(2)42(44(52)53-33-36-18-8-4-9-19-36)47-32-35-28-30-45(3,31-29-35)41-27-17-16-26-40(41)43-48-49-50-51(43)46(37-20-10-5-11-21-37,38-22-12-6-13-23-38)39-24-14-7-15-25-39/h4-30,34,42,47H,31-33H2,1-3H3/t42-,45?/m0/s1. The highest BCUT2D eigenvalue weighted by Gasteiger charge is 2.42. The minimum Gasteiger partial charge on any atom is -0.460 e. The number of esters is 1. The summed E-state index contributed by atoms with van der Waals surface area (Å²) in [5.74, 6) is 0.514. The number of tetrazole rings is 1. The molecule has 6 aromatic rings. The molecule has 1 N–H and O–H groups in total. The van der Waals surface area contributed by atoms with Gasteiger partial charge >= 0.3 is 5.97 Å². The molecule has 1 aliphatic carbocycles. The molecule has 0 spiro atoms. The fourth-order valence-electron chi connectivity index (χ4n) is 7.40. The van der Waals surface area contributed by atoms with E-state index in [9.17, 15) is 4.79 Å². The van der Waals surface area contributed by atoms with Crippen LogP contribution in [0.3, 0.4) is 0 Å². The summed E-state index contributed by atoms with van der Waals surface area (Å²) in [7, 11) is 0. The van der Waals surface area contributed by atoms with Crippen LogP contribution in [0, 0.1) is 5.92 Å². The van der Waals surface area contributed by atoms with Gasteiger partial charge in [-0.2, -0.15) is 0 Å². The molecular weight excluding hydrogens is 655 g/mol. The van der Waals surface area contributed by atoms with Gasteiger partial charge in [-0.05, 0) is 56.2 Å². The SMILES string of the molecule is CC(C)[C@H](NCC1=CCC(C)(c2ccccc2-c2nnnn2C(c2ccccc2)(c2ccccc2)c2ccccc2)C=C1)C(=O)OCc1ccccc1. The molecule has 266 valence electrons. The first-order valence-corrected chi connectivity index (χ1v) is 18.3. The lowest BCUT2D eigenvalue weighted by molar-refractivity contribution is -0.148. The first-order valence-electron chi connectivity index (χ1n) is 18.3. The molecule has 53 heavy (non-hydrogen) atoms. The third-order valence-electron chi connectivity index (χ3n) is 10.3. The average Bonchev–Trinajstić information content (AvgIpc) is 3.70. The smallest absolute Gasteiger partial charge is 0.323 e. The fraction of sp³-hybridized carbons (Fsp3) is 0.217. The van der Waals surface area contributed by atoms with Crippen LogP contribution in [0.25, 0.3) is 11.4 Å². The van der Waals surface area contributed by atoms with E-state index in [4.69, 9.17) is 15.0 Å². The van der Waals surface area contributed by atoms with Crippen LogP contribution < -0.4 is 5.32 Å². The highest BCUT2D eigenvalue weighted by Crippen LogP contribution is 2.44. The van der Waals surface area contributed by atoms with Crippen molar-refractivity contribution in [1.82, 2.24) is 25.5 Å². The predicted octanol–water partition coefficient (Wildman–Crippen LogP) is 8.68. The largest absolute Gasteiger partial charge is 0.460 e. The Kier molecular flexibility index (Phi) is 10.6. The molecule has 0 saturated heterocycles. The van der Waals surface area contributed by atoms with Crippen molar-refractivity contribution in [3.63, 3.8) is 0 Å². The molecule has 5 aromatic carbocycles. The Labute approximate surface area is 312 Å². The zero-order valence-electron chi connectivity index (χ0n) is 30.5. The Hall–Kier alpha value is -5.92. The minimum absolute atomic E-state index is 0.0734. The zero-order valence-corrected chi connectivity index (χ0v) is 30.5. The molecule has 0 fully saturated rings. The van der Waals surface area contributed by atoms with Gasteiger partial charge in [0, 0.05) is 17.5 Å². The lowest BCUT2D eigenvalue weighted by Gasteiger charge is -2.37. The molecule has 7 heteroatoms. The molecule has 0 aliphatic heterocycles. The van der Waals surface area contributed by atoms with E-state index in [1.807, 2.05) is 67.1 Å². The third-order valence-corrected chi connectivity index (χ3v) is 10.3. The summed E-state index contributed by atoms with van der Waals surface area (Å²) >= 11 is 0. The van der Waals surface area contributed by atoms with Gasteiger partial charge in [-0.1, -0.05) is 185 Å². The number of ether oxygens (including phenoxy) is 1. The van der Waals surface area contributed by atoms with Gasteiger partial charge in [0.15, 0.2) is 5.82 Å². The number of nitrogens with zero attached hydrogens (tertiary/aromatic N) is 4. The van der Waals surface area contributed by atoms with E-state index in [-0.39, 0.29) is 23.9 Å². The van der Waals surface area contributed by atoms with Gasteiger partial charge in [-0.15, -0.1) is 5.10 Å². The van der Waals surface area contributed by atoms with Crippen LogP contribution in [0.4, 0.5) is 0 Å². The lowest BCUT2D eigenvalue weighted by atomic mass is 9.73. The van der Waals surface area contributed by atoms with Gasteiger partial charge in [-0.25, -0.2) is 4.68 Å². The van der Waals surface area contributed by atoms with Gasteiger partial charge in [0.05, 0.1) is 0 Å². The summed E-state index contributed by atoms with van der Waals surface area (Å²) in [4.78, 5) is 13.1. The zero-order chi connectivity index (χ0) is 36.7. The van der Waals surface area contributed by atoms with Crippen molar-refractivity contribution < 1.29 is 9.53 Å². The van der Waals surface area contributed by atoms with Crippen molar-refractivity contribution in [1.29, 1.82) is 0 Å². The second kappa shape index (κ2) is 15.8. The van der Waals surface area contributed by atoms with Crippen LogP contribution in [-0.2, 0) is 27.1 Å². The molecule has 0 amide bonds. The molecule has 2 atom stereocenters. The number of carbonyl (C=O) groups is 1. The van der Waals surface area contributed by atoms with E-state index in [0.717, 1.165) is 45.4 Å². The van der Waals surface area contributed by atoms with E-state index in [1.54, 1.807) is 0 Å². The average molecular weight is 700 g/mol. The molecule has 1 unspecified atom stereocenters. The van der Waals surface area contributed by atoms with Crippen molar-refractivity contribution in [3.8, 4) is 11.4 Å². The monoisotopic (exact) mass is 699 g/mol.